The molecule has 0 aliphatic heterocycles. The predicted molar refractivity (Wildman–Crippen MR) is 141 cm³/mol. The third-order valence-corrected chi connectivity index (χ3v) is 6.61. The molecule has 4 heteroatoms. The van der Waals surface area contributed by atoms with E-state index in [1.807, 2.05) is 0 Å². The summed E-state index contributed by atoms with van der Waals surface area (Å²) < 4.78 is 12.4. The Morgan fingerprint density at radius 3 is 1.67 bits per heavy atom. The molecular formula is C29H54NO3+. The number of hydrogen-bond donors (Lipinski definition) is 0. The van der Waals surface area contributed by atoms with Gasteiger partial charge in [0.15, 0.2) is 11.5 Å². The van der Waals surface area contributed by atoms with E-state index in [0.717, 1.165) is 43.1 Å². The summed E-state index contributed by atoms with van der Waals surface area (Å²) in [6, 6.07) is 4.35. The second-order valence-corrected chi connectivity index (χ2v) is 10.00. The van der Waals surface area contributed by atoms with Crippen molar-refractivity contribution in [3.63, 3.8) is 0 Å². The van der Waals surface area contributed by atoms with E-state index in [4.69, 9.17) is 14.3 Å². The highest BCUT2D eigenvalue weighted by atomic mass is 16.7. The first-order valence-corrected chi connectivity index (χ1v) is 13.7. The number of hydrogen-bond acceptors (Lipinski definition) is 3. The molecule has 0 fully saturated rings. The molecule has 4 nitrogen and oxygen atoms in total. The second-order valence-electron chi connectivity index (χ2n) is 10.00. The van der Waals surface area contributed by atoms with Crippen LogP contribution in [-0.4, -0.2) is 39.6 Å². The second kappa shape index (κ2) is 18.1. The van der Waals surface area contributed by atoms with E-state index in [-0.39, 0.29) is 0 Å². The summed E-state index contributed by atoms with van der Waals surface area (Å²) in [6.45, 7) is 5.95. The highest BCUT2D eigenvalue weighted by Gasteiger charge is 2.22. The fraction of sp³-hybridized carbons (Fsp3) is 0.793. The van der Waals surface area contributed by atoms with Gasteiger partial charge in [-0.25, -0.2) is 4.84 Å². The molecule has 1 aromatic carbocycles. The molecule has 1 rings (SSSR count). The number of aryl methyl sites for hydroxylation is 1. The van der Waals surface area contributed by atoms with Gasteiger partial charge in [0, 0.05) is 0 Å². The lowest BCUT2D eigenvalue weighted by atomic mass is 10.0. The zero-order valence-electron chi connectivity index (χ0n) is 22.8. The number of hydroxylamine groups is 3. The minimum absolute atomic E-state index is 0.450. The normalized spacial score (nSPS) is 11.7. The smallest absolute Gasteiger partial charge is 0.170 e. The fourth-order valence-corrected chi connectivity index (χ4v) is 4.31. The molecule has 0 bridgehead atoms. The monoisotopic (exact) mass is 464 g/mol. The van der Waals surface area contributed by atoms with E-state index >= 15 is 0 Å². The zero-order chi connectivity index (χ0) is 24.4. The Labute approximate surface area is 205 Å². The quantitative estimate of drug-likeness (QED) is 0.104. The maximum absolute atomic E-state index is 6.27. The molecule has 0 aliphatic carbocycles. The molecule has 0 saturated heterocycles. The Morgan fingerprint density at radius 1 is 0.697 bits per heavy atom. The van der Waals surface area contributed by atoms with Gasteiger partial charge >= 0.3 is 0 Å². The van der Waals surface area contributed by atoms with Crippen molar-refractivity contribution in [3.8, 4) is 11.5 Å². The summed E-state index contributed by atoms with van der Waals surface area (Å²) in [5.74, 6) is 1.72. The summed E-state index contributed by atoms with van der Waals surface area (Å²) in [4.78, 5) is 5.62. The molecule has 0 saturated carbocycles. The van der Waals surface area contributed by atoms with Crippen LogP contribution in [0.5, 0.6) is 11.5 Å². The lowest BCUT2D eigenvalue weighted by molar-refractivity contribution is -1.08. The summed E-state index contributed by atoms with van der Waals surface area (Å²) in [5.41, 5.74) is 2.42. The number of ether oxygens (including phenoxy) is 2. The minimum atomic E-state index is 0.450. The van der Waals surface area contributed by atoms with Crippen LogP contribution >= 0.6 is 0 Å². The zero-order valence-corrected chi connectivity index (χ0v) is 22.8. The Balaban J connectivity index is 2.27. The van der Waals surface area contributed by atoms with Gasteiger partial charge in [-0.05, 0) is 30.5 Å². The van der Waals surface area contributed by atoms with Crippen LogP contribution in [0.25, 0.3) is 0 Å². The highest BCUT2D eigenvalue weighted by Crippen LogP contribution is 2.35. The molecule has 0 aliphatic rings. The van der Waals surface area contributed by atoms with Gasteiger partial charge in [-0.2, -0.15) is 4.65 Å². The van der Waals surface area contributed by atoms with Crippen molar-refractivity contribution in [3.05, 3.63) is 23.3 Å². The molecule has 0 heterocycles. The van der Waals surface area contributed by atoms with E-state index in [1.54, 1.807) is 14.2 Å². The van der Waals surface area contributed by atoms with Gasteiger partial charge in [-0.15, -0.1) is 0 Å². The molecule has 33 heavy (non-hydrogen) atoms. The molecular weight excluding hydrogens is 410 g/mol. The maximum atomic E-state index is 6.27. The number of nitrogens with zero attached hydrogens (tertiary/aromatic N) is 1. The fourth-order valence-electron chi connectivity index (χ4n) is 4.31. The first-order chi connectivity index (χ1) is 16.0. The molecule has 0 aromatic heterocycles. The van der Waals surface area contributed by atoms with Gasteiger partial charge in [0.2, 0.25) is 0 Å². The third kappa shape index (κ3) is 13.3. The van der Waals surface area contributed by atoms with E-state index in [2.05, 4.69) is 40.1 Å². The minimum Gasteiger partial charge on any atom is -0.493 e. The van der Waals surface area contributed by atoms with Gasteiger partial charge in [0.05, 0.1) is 40.5 Å². The van der Waals surface area contributed by atoms with Crippen LogP contribution in [-0.2, 0) is 17.8 Å². The lowest BCUT2D eigenvalue weighted by Crippen LogP contribution is -2.37. The van der Waals surface area contributed by atoms with Gasteiger partial charge in [0.25, 0.3) is 0 Å². The molecule has 0 unspecified atom stereocenters. The van der Waals surface area contributed by atoms with Crippen molar-refractivity contribution in [1.82, 2.24) is 0 Å². The average molecular weight is 465 g/mol. The molecule has 0 radical (unpaired) electrons. The van der Waals surface area contributed by atoms with Gasteiger partial charge in [-0.1, -0.05) is 97.3 Å². The van der Waals surface area contributed by atoms with E-state index in [0.29, 0.717) is 4.65 Å². The van der Waals surface area contributed by atoms with E-state index < -0.39 is 0 Å². The van der Waals surface area contributed by atoms with Crippen molar-refractivity contribution < 1.29 is 19.0 Å². The largest absolute Gasteiger partial charge is 0.493 e. The van der Waals surface area contributed by atoms with Crippen LogP contribution in [0.15, 0.2) is 12.1 Å². The molecule has 0 spiro atoms. The van der Waals surface area contributed by atoms with E-state index in [1.165, 1.54) is 89.0 Å². The average Bonchev–Trinajstić information content (AvgIpc) is 2.81. The SMILES string of the molecule is CCCCCCCCCCCCCCCCOc1c(C[N+](C)(C)OC)cc(CC)cc1OC. The Hall–Kier alpha value is -1.26. The van der Waals surface area contributed by atoms with Gasteiger partial charge in [-0.3, -0.25) is 0 Å². The van der Waals surface area contributed by atoms with Crippen molar-refractivity contribution in [2.45, 2.75) is 117 Å². The summed E-state index contributed by atoms with van der Waals surface area (Å²) in [6.07, 6.45) is 20.1. The van der Waals surface area contributed by atoms with Crippen LogP contribution in [0.3, 0.4) is 0 Å². The Bertz CT molecular complexity index is 615. The van der Waals surface area contributed by atoms with Crippen LogP contribution in [0.2, 0.25) is 0 Å². The molecule has 0 N–H and O–H groups in total. The number of quaternary nitrogens is 1. The Morgan fingerprint density at radius 2 is 1.21 bits per heavy atom. The number of unbranched alkanes of at least 4 members (excludes halogenated alkanes) is 13. The first-order valence-electron chi connectivity index (χ1n) is 13.7. The van der Waals surface area contributed by atoms with Gasteiger partial charge < -0.3 is 9.47 Å². The van der Waals surface area contributed by atoms with Crippen LogP contribution in [0.1, 0.15) is 115 Å². The predicted octanol–water partition coefficient (Wildman–Crippen LogP) is 8.26. The first kappa shape index (κ1) is 29.8. The van der Waals surface area contributed by atoms with Crippen LogP contribution < -0.4 is 9.47 Å². The van der Waals surface area contributed by atoms with Gasteiger partial charge in [0.1, 0.15) is 6.54 Å². The standard InChI is InChI=1S/C29H54NO3/c1-7-9-10-11-12-13-14-15-16-17-18-19-20-21-22-33-29-27(25-30(3,4)32-6)23-26(8-2)24-28(29)31-5/h23-24H,7-22,25H2,1-6H3/q+1. The maximum Gasteiger partial charge on any atom is 0.170 e. The highest BCUT2D eigenvalue weighted by molar-refractivity contribution is 5.49. The third-order valence-electron chi connectivity index (χ3n) is 6.61. The lowest BCUT2D eigenvalue weighted by Gasteiger charge is -2.26. The van der Waals surface area contributed by atoms with Crippen molar-refractivity contribution in [2.24, 2.45) is 0 Å². The van der Waals surface area contributed by atoms with Crippen molar-refractivity contribution in [1.29, 1.82) is 0 Å². The number of rotatable bonds is 21. The number of methoxy groups -OCH3 is 1. The van der Waals surface area contributed by atoms with Crippen LogP contribution in [0, 0.1) is 0 Å². The molecule has 0 atom stereocenters. The van der Waals surface area contributed by atoms with Crippen molar-refractivity contribution >= 4 is 0 Å². The molecule has 1 aromatic rings. The molecule has 192 valence electrons. The number of benzene rings is 1. The molecule has 0 amide bonds. The topological polar surface area (TPSA) is 27.7 Å². The summed E-state index contributed by atoms with van der Waals surface area (Å²) in [7, 11) is 7.59. The summed E-state index contributed by atoms with van der Waals surface area (Å²) in [5, 5.41) is 0. The van der Waals surface area contributed by atoms with E-state index in [9.17, 15) is 0 Å². The van der Waals surface area contributed by atoms with Crippen molar-refractivity contribution in [2.75, 3.05) is 34.9 Å². The Kier molecular flexibility index (Phi) is 16.3. The summed E-state index contributed by atoms with van der Waals surface area (Å²) >= 11 is 0. The van der Waals surface area contributed by atoms with Crippen LogP contribution in [0.4, 0.5) is 0 Å².